The molecular formula is C12H15N3O2S. The molecule has 1 N–H and O–H groups in total. The number of hydrogen-bond acceptors (Lipinski definition) is 3. The lowest BCUT2D eigenvalue weighted by Gasteiger charge is -2.15. The Hall–Kier alpha value is -1.66. The maximum absolute atomic E-state index is 12.2. The first-order chi connectivity index (χ1) is 8.50. The quantitative estimate of drug-likeness (QED) is 0.912. The number of benzene rings is 1. The molecule has 0 saturated heterocycles. The molecule has 0 amide bonds. The predicted molar refractivity (Wildman–Crippen MR) is 68.4 cm³/mol. The van der Waals surface area contributed by atoms with Crippen molar-refractivity contribution < 1.29 is 8.42 Å². The minimum absolute atomic E-state index is 0.124. The number of nitrogens with zero attached hydrogens (tertiary/aromatic N) is 2. The molecule has 0 aliphatic heterocycles. The summed E-state index contributed by atoms with van der Waals surface area (Å²) in [5.74, 6) is 0.585. The van der Waals surface area contributed by atoms with Gasteiger partial charge in [-0.1, -0.05) is 30.3 Å². The average molecular weight is 265 g/mol. The van der Waals surface area contributed by atoms with Crippen molar-refractivity contribution in [3.63, 3.8) is 0 Å². The Morgan fingerprint density at radius 1 is 1.28 bits per heavy atom. The molecule has 18 heavy (non-hydrogen) atoms. The highest BCUT2D eigenvalue weighted by atomic mass is 32.2. The van der Waals surface area contributed by atoms with E-state index in [4.69, 9.17) is 0 Å². The number of aromatic amines is 1. The first kappa shape index (κ1) is 12.8. The number of nitrogens with one attached hydrogen (secondary N) is 1. The van der Waals surface area contributed by atoms with Gasteiger partial charge in [-0.2, -0.15) is 4.31 Å². The Labute approximate surface area is 107 Å². The normalized spacial score (nSPS) is 11.9. The number of sulfonamides is 1. The van der Waals surface area contributed by atoms with Crippen LogP contribution in [0.15, 0.2) is 41.6 Å². The van der Waals surface area contributed by atoms with Crippen molar-refractivity contribution in [2.45, 2.75) is 18.5 Å². The van der Waals surface area contributed by atoms with Crippen molar-refractivity contribution in [1.82, 2.24) is 14.3 Å². The molecule has 0 fully saturated rings. The van der Waals surface area contributed by atoms with Gasteiger partial charge in [-0.3, -0.25) is 0 Å². The van der Waals surface area contributed by atoms with Crippen LogP contribution in [0.5, 0.6) is 0 Å². The second-order valence-corrected chi connectivity index (χ2v) is 6.09. The minimum atomic E-state index is -3.50. The molecule has 0 atom stereocenters. The van der Waals surface area contributed by atoms with Gasteiger partial charge in [0.05, 0.1) is 6.20 Å². The third-order valence-corrected chi connectivity index (χ3v) is 4.33. The number of hydrogen-bond donors (Lipinski definition) is 1. The van der Waals surface area contributed by atoms with Gasteiger partial charge in [-0.05, 0) is 12.5 Å². The second kappa shape index (κ2) is 4.91. The fourth-order valence-electron chi connectivity index (χ4n) is 1.62. The number of aryl methyl sites for hydroxylation is 1. The Bertz CT molecular complexity index is 620. The average Bonchev–Trinajstić information content (AvgIpc) is 2.78. The Morgan fingerprint density at radius 3 is 2.50 bits per heavy atom. The van der Waals surface area contributed by atoms with E-state index in [2.05, 4.69) is 9.97 Å². The van der Waals surface area contributed by atoms with Gasteiger partial charge in [0.1, 0.15) is 5.82 Å². The highest BCUT2D eigenvalue weighted by Gasteiger charge is 2.22. The largest absolute Gasteiger partial charge is 0.332 e. The summed E-state index contributed by atoms with van der Waals surface area (Å²) < 4.78 is 25.7. The van der Waals surface area contributed by atoms with E-state index < -0.39 is 10.0 Å². The van der Waals surface area contributed by atoms with Gasteiger partial charge in [-0.25, -0.2) is 13.4 Å². The van der Waals surface area contributed by atoms with E-state index >= 15 is 0 Å². The van der Waals surface area contributed by atoms with E-state index in [1.54, 1.807) is 14.0 Å². The van der Waals surface area contributed by atoms with Crippen LogP contribution in [-0.2, 0) is 16.6 Å². The van der Waals surface area contributed by atoms with Gasteiger partial charge in [0.2, 0.25) is 0 Å². The Kier molecular flexibility index (Phi) is 3.49. The molecule has 2 rings (SSSR count). The van der Waals surface area contributed by atoms with E-state index in [0.29, 0.717) is 12.4 Å². The molecule has 5 nitrogen and oxygen atoms in total. The molecule has 1 heterocycles. The van der Waals surface area contributed by atoms with Crippen LogP contribution < -0.4 is 0 Å². The topological polar surface area (TPSA) is 66.1 Å². The summed E-state index contributed by atoms with van der Waals surface area (Å²) in [6.07, 6.45) is 1.34. The van der Waals surface area contributed by atoms with Crippen LogP contribution in [0.1, 0.15) is 11.4 Å². The third-order valence-electron chi connectivity index (χ3n) is 2.62. The fourth-order valence-corrected chi connectivity index (χ4v) is 2.74. The van der Waals surface area contributed by atoms with Crippen LogP contribution in [0, 0.1) is 6.92 Å². The zero-order valence-electron chi connectivity index (χ0n) is 10.3. The minimum Gasteiger partial charge on any atom is -0.332 e. The Balaban J connectivity index is 2.21. The predicted octanol–water partition coefficient (Wildman–Crippen LogP) is 1.54. The molecule has 0 unspecified atom stereocenters. The van der Waals surface area contributed by atoms with Gasteiger partial charge in [0, 0.05) is 13.6 Å². The van der Waals surface area contributed by atoms with E-state index in [1.165, 1.54) is 10.5 Å². The van der Waals surface area contributed by atoms with Crippen LogP contribution in [0.3, 0.4) is 0 Å². The standard InChI is InChI=1S/C12H15N3O2S/c1-10-13-8-12(14-10)18(16,17)15(2)9-11-6-4-3-5-7-11/h3-8H,9H2,1-2H3,(H,13,14). The number of aromatic nitrogens is 2. The molecule has 0 saturated carbocycles. The van der Waals surface area contributed by atoms with Crippen LogP contribution in [-0.4, -0.2) is 29.7 Å². The molecule has 6 heteroatoms. The van der Waals surface area contributed by atoms with Crippen molar-refractivity contribution in [2.75, 3.05) is 7.05 Å². The molecule has 1 aromatic heterocycles. The Morgan fingerprint density at radius 2 is 1.94 bits per heavy atom. The molecule has 0 aliphatic carbocycles. The van der Waals surface area contributed by atoms with Crippen molar-refractivity contribution >= 4 is 10.0 Å². The van der Waals surface area contributed by atoms with Crippen LogP contribution >= 0.6 is 0 Å². The summed E-state index contributed by atoms with van der Waals surface area (Å²) in [6.45, 7) is 2.05. The second-order valence-electron chi connectivity index (χ2n) is 4.08. The molecule has 0 spiro atoms. The van der Waals surface area contributed by atoms with Crippen molar-refractivity contribution in [3.05, 3.63) is 47.9 Å². The van der Waals surface area contributed by atoms with Crippen LogP contribution in [0.25, 0.3) is 0 Å². The lowest BCUT2D eigenvalue weighted by Crippen LogP contribution is -2.26. The smallest absolute Gasteiger partial charge is 0.260 e. The van der Waals surface area contributed by atoms with Crippen molar-refractivity contribution in [1.29, 1.82) is 0 Å². The highest BCUT2D eigenvalue weighted by molar-refractivity contribution is 7.89. The molecule has 96 valence electrons. The molecule has 0 bridgehead atoms. The van der Waals surface area contributed by atoms with Gasteiger partial charge >= 0.3 is 0 Å². The van der Waals surface area contributed by atoms with Crippen molar-refractivity contribution in [2.24, 2.45) is 0 Å². The van der Waals surface area contributed by atoms with Gasteiger partial charge in [-0.15, -0.1) is 0 Å². The lowest BCUT2D eigenvalue weighted by molar-refractivity contribution is 0.464. The monoisotopic (exact) mass is 265 g/mol. The van der Waals surface area contributed by atoms with E-state index in [-0.39, 0.29) is 5.03 Å². The maximum Gasteiger partial charge on any atom is 0.260 e. The molecule has 0 aliphatic rings. The van der Waals surface area contributed by atoms with E-state index in [9.17, 15) is 8.42 Å². The van der Waals surface area contributed by atoms with Crippen LogP contribution in [0.2, 0.25) is 0 Å². The third kappa shape index (κ3) is 2.60. The number of imidazole rings is 1. The zero-order valence-corrected chi connectivity index (χ0v) is 11.1. The zero-order chi connectivity index (χ0) is 13.2. The summed E-state index contributed by atoms with van der Waals surface area (Å²) in [5, 5.41) is 0.124. The summed E-state index contributed by atoms with van der Waals surface area (Å²) in [4.78, 5) is 6.65. The van der Waals surface area contributed by atoms with Gasteiger partial charge in [0.15, 0.2) is 5.03 Å². The molecule has 0 radical (unpaired) electrons. The summed E-state index contributed by atoms with van der Waals surface area (Å²) in [5.41, 5.74) is 0.944. The highest BCUT2D eigenvalue weighted by Crippen LogP contribution is 2.14. The molecular weight excluding hydrogens is 250 g/mol. The fraction of sp³-hybridized carbons (Fsp3) is 0.250. The molecule has 1 aromatic carbocycles. The van der Waals surface area contributed by atoms with Gasteiger partial charge in [0.25, 0.3) is 10.0 Å². The summed E-state index contributed by atoms with van der Waals surface area (Å²) in [6, 6.07) is 9.46. The molecule has 2 aromatic rings. The first-order valence-electron chi connectivity index (χ1n) is 5.52. The van der Waals surface area contributed by atoms with Gasteiger partial charge < -0.3 is 4.98 Å². The van der Waals surface area contributed by atoms with E-state index in [1.807, 2.05) is 30.3 Å². The van der Waals surface area contributed by atoms with Crippen LogP contribution in [0.4, 0.5) is 0 Å². The number of rotatable bonds is 4. The summed E-state index contributed by atoms with van der Waals surface area (Å²) >= 11 is 0. The first-order valence-corrected chi connectivity index (χ1v) is 6.96. The maximum atomic E-state index is 12.2. The summed E-state index contributed by atoms with van der Waals surface area (Å²) in [7, 11) is -1.95. The number of H-pyrrole nitrogens is 1. The van der Waals surface area contributed by atoms with E-state index in [0.717, 1.165) is 5.56 Å². The lowest BCUT2D eigenvalue weighted by atomic mass is 10.2. The SMILES string of the molecule is Cc1ncc(S(=O)(=O)N(C)Cc2ccccc2)[nH]1. The van der Waals surface area contributed by atoms with Crippen molar-refractivity contribution in [3.8, 4) is 0 Å².